The van der Waals surface area contributed by atoms with E-state index in [1.165, 1.54) is 17.0 Å². The van der Waals surface area contributed by atoms with Crippen LogP contribution in [0, 0.1) is 0 Å². The van der Waals surface area contributed by atoms with Gasteiger partial charge in [0.15, 0.2) is 16.6 Å². The summed E-state index contributed by atoms with van der Waals surface area (Å²) in [6.45, 7) is 0.281. The molecule has 6 nitrogen and oxygen atoms in total. The number of benzene rings is 2. The molecule has 0 aromatic heterocycles. The molecular formula is C17H14N2O4S. The second-order valence-corrected chi connectivity index (χ2v) is 5.68. The van der Waals surface area contributed by atoms with E-state index in [1.54, 1.807) is 36.4 Å². The molecule has 1 aliphatic heterocycles. The van der Waals surface area contributed by atoms with Gasteiger partial charge in [-0.25, -0.2) is 0 Å². The van der Waals surface area contributed by atoms with Crippen LogP contribution in [0.15, 0.2) is 48.2 Å². The summed E-state index contributed by atoms with van der Waals surface area (Å²) < 4.78 is 0. The third-order valence-corrected chi connectivity index (χ3v) is 3.87. The number of rotatable bonds is 3. The van der Waals surface area contributed by atoms with Crippen molar-refractivity contribution in [3.05, 3.63) is 59.3 Å². The van der Waals surface area contributed by atoms with Crippen LogP contribution in [-0.4, -0.2) is 31.2 Å². The van der Waals surface area contributed by atoms with Gasteiger partial charge in [-0.15, -0.1) is 0 Å². The Morgan fingerprint density at radius 3 is 2.42 bits per heavy atom. The second-order valence-electron chi connectivity index (χ2n) is 5.29. The van der Waals surface area contributed by atoms with Gasteiger partial charge in [0, 0.05) is 0 Å². The molecule has 1 heterocycles. The molecule has 1 fully saturated rings. The summed E-state index contributed by atoms with van der Waals surface area (Å²) in [5.74, 6) is -0.633. The van der Waals surface area contributed by atoms with Crippen molar-refractivity contribution in [1.82, 2.24) is 10.2 Å². The molecule has 2 aromatic carbocycles. The Morgan fingerprint density at radius 2 is 1.75 bits per heavy atom. The Morgan fingerprint density at radius 1 is 1.04 bits per heavy atom. The third-order valence-electron chi connectivity index (χ3n) is 3.55. The lowest BCUT2D eigenvalue weighted by molar-refractivity contribution is -0.122. The Kier molecular flexibility index (Phi) is 4.09. The molecule has 0 saturated carbocycles. The first-order valence-electron chi connectivity index (χ1n) is 7.08. The number of amides is 1. The quantitative estimate of drug-likeness (QED) is 0.388. The first-order valence-corrected chi connectivity index (χ1v) is 7.49. The molecule has 0 atom stereocenters. The van der Waals surface area contributed by atoms with Gasteiger partial charge in [0.1, 0.15) is 11.4 Å². The highest BCUT2D eigenvalue weighted by Gasteiger charge is 2.30. The van der Waals surface area contributed by atoms with E-state index in [1.807, 2.05) is 0 Å². The van der Waals surface area contributed by atoms with E-state index in [-0.39, 0.29) is 40.5 Å². The standard InChI is InChI=1S/C17H14N2O4S/c20-12-4-1-10(2-5-12)9-19-16(23)13(18-17(19)24)7-11-3-6-14(21)15(22)8-11/h1-8,20-22H,9H2,(H,18,24)/b13-7+. The van der Waals surface area contributed by atoms with E-state index in [9.17, 15) is 20.1 Å². The van der Waals surface area contributed by atoms with Crippen molar-refractivity contribution in [3.8, 4) is 17.2 Å². The largest absolute Gasteiger partial charge is 0.508 e. The predicted molar refractivity (Wildman–Crippen MR) is 92.1 cm³/mol. The van der Waals surface area contributed by atoms with Crippen molar-refractivity contribution in [2.75, 3.05) is 0 Å². The normalized spacial score (nSPS) is 15.8. The third kappa shape index (κ3) is 3.16. The monoisotopic (exact) mass is 342 g/mol. The minimum Gasteiger partial charge on any atom is -0.508 e. The predicted octanol–water partition coefficient (Wildman–Crippen LogP) is 2.06. The van der Waals surface area contributed by atoms with Gasteiger partial charge in [-0.1, -0.05) is 18.2 Å². The van der Waals surface area contributed by atoms with Gasteiger partial charge < -0.3 is 20.6 Å². The molecule has 1 amide bonds. The topological polar surface area (TPSA) is 93.0 Å². The fourth-order valence-electron chi connectivity index (χ4n) is 2.30. The number of thiocarbonyl (C=S) groups is 1. The van der Waals surface area contributed by atoms with Crippen LogP contribution < -0.4 is 5.32 Å². The van der Waals surface area contributed by atoms with Crippen molar-refractivity contribution in [2.45, 2.75) is 6.54 Å². The van der Waals surface area contributed by atoms with Crippen molar-refractivity contribution in [3.63, 3.8) is 0 Å². The van der Waals surface area contributed by atoms with E-state index in [2.05, 4.69) is 5.32 Å². The van der Waals surface area contributed by atoms with Crippen LogP contribution in [0.3, 0.4) is 0 Å². The molecular weight excluding hydrogens is 328 g/mol. The maximum absolute atomic E-state index is 12.5. The fraction of sp³-hybridized carbons (Fsp3) is 0.0588. The maximum atomic E-state index is 12.5. The van der Waals surface area contributed by atoms with E-state index in [0.717, 1.165) is 5.56 Å². The highest BCUT2D eigenvalue weighted by atomic mass is 32.1. The number of carbonyl (C=O) groups excluding carboxylic acids is 1. The van der Waals surface area contributed by atoms with E-state index in [0.29, 0.717) is 5.56 Å². The van der Waals surface area contributed by atoms with Crippen molar-refractivity contribution in [2.24, 2.45) is 0 Å². The highest BCUT2D eigenvalue weighted by Crippen LogP contribution is 2.26. The zero-order valence-electron chi connectivity index (χ0n) is 12.4. The number of carbonyl (C=O) groups is 1. The first kappa shape index (κ1) is 15.8. The number of hydrogen-bond acceptors (Lipinski definition) is 5. The van der Waals surface area contributed by atoms with Crippen molar-refractivity contribution in [1.29, 1.82) is 0 Å². The van der Waals surface area contributed by atoms with E-state index in [4.69, 9.17) is 12.2 Å². The van der Waals surface area contributed by atoms with Crippen LogP contribution in [0.1, 0.15) is 11.1 Å². The lowest BCUT2D eigenvalue weighted by Gasteiger charge is -2.13. The zero-order chi connectivity index (χ0) is 17.3. The first-order chi connectivity index (χ1) is 11.4. The number of phenolic OH excluding ortho intramolecular Hbond substituents is 3. The Hall–Kier alpha value is -3.06. The van der Waals surface area contributed by atoms with E-state index >= 15 is 0 Å². The van der Waals surface area contributed by atoms with Crippen LogP contribution in [0.4, 0.5) is 0 Å². The van der Waals surface area contributed by atoms with Crippen LogP contribution in [0.25, 0.3) is 6.08 Å². The lowest BCUT2D eigenvalue weighted by atomic mass is 10.1. The molecule has 0 aliphatic carbocycles. The lowest BCUT2D eigenvalue weighted by Crippen LogP contribution is -2.29. The summed E-state index contributed by atoms with van der Waals surface area (Å²) in [7, 11) is 0. The molecule has 0 unspecified atom stereocenters. The summed E-state index contributed by atoms with van der Waals surface area (Å²) in [4.78, 5) is 13.9. The number of aromatic hydroxyl groups is 3. The van der Waals surface area contributed by atoms with Crippen LogP contribution in [0.2, 0.25) is 0 Å². The summed E-state index contributed by atoms with van der Waals surface area (Å²) in [5.41, 5.74) is 1.66. The summed E-state index contributed by atoms with van der Waals surface area (Å²) in [6.07, 6.45) is 1.55. The Labute approximate surface area is 143 Å². The van der Waals surface area contributed by atoms with Gasteiger partial charge in [-0.05, 0) is 53.7 Å². The molecule has 2 aromatic rings. The average Bonchev–Trinajstić information content (AvgIpc) is 2.80. The molecule has 3 rings (SSSR count). The highest BCUT2D eigenvalue weighted by molar-refractivity contribution is 7.80. The van der Waals surface area contributed by atoms with Crippen LogP contribution in [0.5, 0.6) is 17.2 Å². The molecule has 0 spiro atoms. The zero-order valence-corrected chi connectivity index (χ0v) is 13.2. The molecule has 0 radical (unpaired) electrons. The van der Waals surface area contributed by atoms with Gasteiger partial charge >= 0.3 is 0 Å². The van der Waals surface area contributed by atoms with Crippen molar-refractivity contribution >= 4 is 29.3 Å². The number of hydrogen-bond donors (Lipinski definition) is 4. The minimum absolute atomic E-state index is 0.153. The van der Waals surface area contributed by atoms with Crippen LogP contribution in [-0.2, 0) is 11.3 Å². The van der Waals surface area contributed by atoms with Gasteiger partial charge in [-0.3, -0.25) is 9.69 Å². The Bertz CT molecular complexity index is 846. The Balaban J connectivity index is 1.81. The van der Waals surface area contributed by atoms with E-state index < -0.39 is 0 Å². The summed E-state index contributed by atoms with van der Waals surface area (Å²) in [6, 6.07) is 10.8. The van der Waals surface area contributed by atoms with Gasteiger partial charge in [-0.2, -0.15) is 0 Å². The number of phenols is 3. The average molecular weight is 342 g/mol. The number of nitrogens with zero attached hydrogens (tertiary/aromatic N) is 1. The van der Waals surface area contributed by atoms with Crippen LogP contribution >= 0.6 is 12.2 Å². The molecule has 24 heavy (non-hydrogen) atoms. The maximum Gasteiger partial charge on any atom is 0.276 e. The summed E-state index contributed by atoms with van der Waals surface area (Å²) in [5, 5.41) is 31.3. The molecule has 7 heteroatoms. The number of nitrogens with one attached hydrogen (secondary N) is 1. The van der Waals surface area contributed by atoms with Gasteiger partial charge in [0.2, 0.25) is 0 Å². The SMILES string of the molecule is O=C1/C(=C\c2ccc(O)c(O)c2)NC(=S)N1Cc1ccc(O)cc1. The van der Waals surface area contributed by atoms with Gasteiger partial charge in [0.05, 0.1) is 6.54 Å². The molecule has 122 valence electrons. The molecule has 1 saturated heterocycles. The molecule has 0 bridgehead atoms. The fourth-order valence-corrected chi connectivity index (χ4v) is 2.55. The van der Waals surface area contributed by atoms with Gasteiger partial charge in [0.25, 0.3) is 5.91 Å². The molecule has 1 aliphatic rings. The van der Waals surface area contributed by atoms with Crippen molar-refractivity contribution < 1.29 is 20.1 Å². The molecule has 4 N–H and O–H groups in total. The smallest absolute Gasteiger partial charge is 0.276 e. The minimum atomic E-state index is -0.291. The second kappa shape index (κ2) is 6.21. The summed E-state index contributed by atoms with van der Waals surface area (Å²) >= 11 is 5.20.